The summed E-state index contributed by atoms with van der Waals surface area (Å²) in [7, 11) is 6.28. The van der Waals surface area contributed by atoms with Gasteiger partial charge in [0.15, 0.2) is 11.9 Å². The minimum Gasteiger partial charge on any atom is -0.449 e. The highest BCUT2D eigenvalue weighted by atomic mass is 16.6. The number of amides is 6. The maximum Gasteiger partial charge on any atom is 0.410 e. The molecule has 0 fully saturated rings. The lowest BCUT2D eigenvalue weighted by Gasteiger charge is -2.33. The van der Waals surface area contributed by atoms with Crippen LogP contribution in [0.25, 0.3) is 0 Å². The van der Waals surface area contributed by atoms with E-state index in [4.69, 9.17) is 9.47 Å². The Kier molecular flexibility index (Phi) is 24.0. The number of hydrogen-bond acceptors (Lipinski definition) is 11. The Morgan fingerprint density at radius 2 is 1.58 bits per heavy atom. The van der Waals surface area contributed by atoms with E-state index in [-0.39, 0.29) is 48.9 Å². The van der Waals surface area contributed by atoms with Gasteiger partial charge in [-0.05, 0) is 83.4 Å². The fourth-order valence-corrected chi connectivity index (χ4v) is 7.69. The molecule has 1 aliphatic heterocycles. The number of nitrogens with one attached hydrogen (secondary N) is 4. The summed E-state index contributed by atoms with van der Waals surface area (Å²) in [6, 6.07) is 4.70. The van der Waals surface area contributed by atoms with Crippen LogP contribution in [0.5, 0.6) is 0 Å². The number of rotatable bonds is 13. The monoisotopic (exact) mass is 938 g/mol. The smallest absolute Gasteiger partial charge is 0.410 e. The molecular formula is C50H79N7O10. The Morgan fingerprint density at radius 1 is 0.955 bits per heavy atom. The molecule has 1 aromatic carbocycles. The highest BCUT2D eigenvalue weighted by molar-refractivity contribution is 5.96. The van der Waals surface area contributed by atoms with Gasteiger partial charge in [-0.25, -0.2) is 9.59 Å². The molecule has 0 unspecified atom stereocenters. The van der Waals surface area contributed by atoms with Crippen LogP contribution in [0.2, 0.25) is 0 Å². The van der Waals surface area contributed by atoms with Crippen molar-refractivity contribution in [3.63, 3.8) is 0 Å². The molecule has 2 rings (SSSR count). The Morgan fingerprint density at radius 3 is 2.16 bits per heavy atom. The van der Waals surface area contributed by atoms with Crippen LogP contribution in [0.4, 0.5) is 4.79 Å². The lowest BCUT2D eigenvalue weighted by Crippen LogP contribution is -2.57. The Balaban J connectivity index is 2.71. The number of likely N-dealkylation sites (N-methyl/N-ethyl adjacent to an activating group) is 4. The molecular weight excluding hydrogens is 859 g/mol. The van der Waals surface area contributed by atoms with Gasteiger partial charge >= 0.3 is 12.1 Å². The number of cyclic esters (lactones) is 1. The Hall–Kier alpha value is -5.58. The summed E-state index contributed by atoms with van der Waals surface area (Å²) >= 11 is 0. The standard InChI is InChI=1S/C50H79N7O10/c1-15-31(5)43-46(61)52-35(9)40(58)28-38(34(8)44(32(6)16-2)67-50(65)55(12)25-24-51-11)23-22-33(7)49(64)66-41(26-30(3)4)45(60)53-36(10)47(62)57(14)39(27-37-20-18-17-19-21-37)48(63)56(13)29-42(59)54-43/h16-22,30-31,34-36,38-39,41,43-44,51H,15,23-29H2,1-14H3,(H,52,61)(H,53,60)(H,54,59)/b32-16+,33-22+/t31-,34+,35-,36+,38-,39-,41-,43+,44-/m1/s1. The van der Waals surface area contributed by atoms with E-state index in [2.05, 4.69) is 21.3 Å². The van der Waals surface area contributed by atoms with Crippen molar-refractivity contribution in [1.29, 1.82) is 0 Å². The molecule has 0 bridgehead atoms. The topological polar surface area (TPSA) is 213 Å². The molecule has 9 atom stereocenters. The first kappa shape index (κ1) is 57.5. The third-order valence-corrected chi connectivity index (χ3v) is 12.6. The van der Waals surface area contributed by atoms with Gasteiger partial charge in [-0.15, -0.1) is 0 Å². The van der Waals surface area contributed by atoms with Crippen molar-refractivity contribution >= 4 is 47.4 Å². The first-order valence-corrected chi connectivity index (χ1v) is 23.5. The molecule has 17 nitrogen and oxygen atoms in total. The lowest BCUT2D eigenvalue weighted by molar-refractivity contribution is -0.154. The van der Waals surface area contributed by atoms with Gasteiger partial charge in [-0.1, -0.05) is 83.5 Å². The fraction of sp³-hybridized carbons (Fsp3) is 0.640. The molecule has 4 N–H and O–H groups in total. The highest BCUT2D eigenvalue weighted by Gasteiger charge is 2.37. The van der Waals surface area contributed by atoms with Crippen LogP contribution >= 0.6 is 0 Å². The number of nitrogens with zero attached hydrogens (tertiary/aromatic N) is 3. The molecule has 0 radical (unpaired) electrons. The molecule has 0 saturated carbocycles. The molecule has 1 heterocycles. The van der Waals surface area contributed by atoms with E-state index in [0.717, 1.165) is 11.1 Å². The van der Waals surface area contributed by atoms with Crippen LogP contribution in [0.3, 0.4) is 0 Å². The molecule has 0 saturated heterocycles. The summed E-state index contributed by atoms with van der Waals surface area (Å²) in [4.78, 5) is 115. The number of allylic oxidation sites excluding steroid dienone is 2. The number of carbonyl (C=O) groups excluding carboxylic acids is 8. The van der Waals surface area contributed by atoms with Crippen molar-refractivity contribution in [2.45, 2.75) is 138 Å². The first-order chi connectivity index (χ1) is 31.5. The van der Waals surface area contributed by atoms with Crippen LogP contribution in [0.15, 0.2) is 53.6 Å². The molecule has 374 valence electrons. The van der Waals surface area contributed by atoms with Crippen molar-refractivity contribution in [1.82, 2.24) is 36.0 Å². The Bertz CT molecular complexity index is 1920. The van der Waals surface area contributed by atoms with Crippen molar-refractivity contribution in [3.8, 4) is 0 Å². The second kappa shape index (κ2) is 27.9. The maximum atomic E-state index is 14.2. The maximum absolute atomic E-state index is 14.2. The molecule has 1 aliphatic rings. The molecule has 1 aromatic rings. The van der Waals surface area contributed by atoms with Crippen LogP contribution in [0.1, 0.15) is 100 Å². The average Bonchev–Trinajstić information content (AvgIpc) is 3.29. The van der Waals surface area contributed by atoms with Crippen LogP contribution < -0.4 is 21.3 Å². The van der Waals surface area contributed by atoms with Crippen LogP contribution in [-0.4, -0.2) is 146 Å². The van der Waals surface area contributed by atoms with Gasteiger partial charge in [-0.2, -0.15) is 0 Å². The van der Waals surface area contributed by atoms with Crippen molar-refractivity contribution < 1.29 is 47.8 Å². The van der Waals surface area contributed by atoms with E-state index in [1.165, 1.54) is 35.7 Å². The summed E-state index contributed by atoms with van der Waals surface area (Å²) in [5, 5.41) is 11.3. The number of esters is 1. The zero-order chi connectivity index (χ0) is 50.7. The van der Waals surface area contributed by atoms with E-state index >= 15 is 0 Å². The van der Waals surface area contributed by atoms with Gasteiger partial charge in [0, 0.05) is 58.6 Å². The van der Waals surface area contributed by atoms with Crippen LogP contribution in [0, 0.1) is 23.7 Å². The van der Waals surface area contributed by atoms with E-state index in [9.17, 15) is 38.4 Å². The van der Waals surface area contributed by atoms with E-state index < -0.39 is 96.4 Å². The van der Waals surface area contributed by atoms with Crippen molar-refractivity contribution in [2.75, 3.05) is 47.8 Å². The normalized spacial score (nSPS) is 25.1. The third kappa shape index (κ3) is 17.9. The highest BCUT2D eigenvalue weighted by Crippen LogP contribution is 2.31. The largest absolute Gasteiger partial charge is 0.449 e. The second-order valence-electron chi connectivity index (χ2n) is 18.5. The fourth-order valence-electron chi connectivity index (χ4n) is 7.69. The predicted molar refractivity (Wildman–Crippen MR) is 257 cm³/mol. The SMILES string of the molecule is C/C=C(\C)[C@@H](OC(=O)N(C)CCNC)[C@@H](C)[C@@H]1C/C=C(\C)C(=O)O[C@H](CC(C)C)C(=O)N[C@@H](C)C(=O)N(C)[C@H](Cc2ccccc2)C(=O)N(C)CC(=O)N[C@@H]([C@H](C)CC)C(=O)N[C@H](C)C(=O)C1. The van der Waals surface area contributed by atoms with Crippen molar-refractivity contribution in [3.05, 3.63) is 59.2 Å². The molecule has 0 spiro atoms. The van der Waals surface area contributed by atoms with E-state index in [1.807, 2.05) is 65.8 Å². The molecule has 0 aromatic heterocycles. The summed E-state index contributed by atoms with van der Waals surface area (Å²) in [6.07, 6.45) is 1.62. The minimum atomic E-state index is -1.28. The summed E-state index contributed by atoms with van der Waals surface area (Å²) in [6.45, 7) is 17.9. The molecule has 0 aliphatic carbocycles. The molecule has 17 heteroatoms. The zero-order valence-electron chi connectivity index (χ0n) is 42.4. The lowest BCUT2D eigenvalue weighted by atomic mass is 9.79. The van der Waals surface area contributed by atoms with Gasteiger partial charge in [0.2, 0.25) is 23.6 Å². The summed E-state index contributed by atoms with van der Waals surface area (Å²) in [5.74, 6) is -5.70. The van der Waals surface area contributed by atoms with E-state index in [1.54, 1.807) is 53.1 Å². The number of Topliss-reactive ketones (excluding diaryl/α,β-unsaturated/α-hetero) is 1. The Labute approximate surface area is 398 Å². The number of ketones is 1. The zero-order valence-corrected chi connectivity index (χ0v) is 42.4. The minimum absolute atomic E-state index is 0.0895. The second-order valence-corrected chi connectivity index (χ2v) is 18.5. The summed E-state index contributed by atoms with van der Waals surface area (Å²) in [5.41, 5.74) is 1.65. The molecule has 6 amide bonds. The quantitative estimate of drug-likeness (QED) is 0.163. The number of hydrogen-bond donors (Lipinski definition) is 4. The van der Waals surface area contributed by atoms with Gasteiger partial charge in [-0.3, -0.25) is 28.8 Å². The van der Waals surface area contributed by atoms with Crippen molar-refractivity contribution in [2.24, 2.45) is 23.7 Å². The van der Waals surface area contributed by atoms with Gasteiger partial charge in [0.1, 0.15) is 24.2 Å². The third-order valence-electron chi connectivity index (χ3n) is 12.6. The van der Waals surface area contributed by atoms with Crippen LogP contribution in [-0.2, 0) is 49.5 Å². The van der Waals surface area contributed by atoms with E-state index in [0.29, 0.717) is 19.5 Å². The number of ether oxygens (including phenoxy) is 2. The average molecular weight is 938 g/mol. The number of carbonyl (C=O) groups is 8. The summed E-state index contributed by atoms with van der Waals surface area (Å²) < 4.78 is 11.9. The number of benzene rings is 1. The first-order valence-electron chi connectivity index (χ1n) is 23.5. The van der Waals surface area contributed by atoms with Gasteiger partial charge in [0.25, 0.3) is 5.91 Å². The van der Waals surface area contributed by atoms with Gasteiger partial charge < -0.3 is 45.4 Å². The van der Waals surface area contributed by atoms with Gasteiger partial charge in [0.05, 0.1) is 12.6 Å². The molecule has 67 heavy (non-hydrogen) atoms. The predicted octanol–water partition coefficient (Wildman–Crippen LogP) is 4.20.